The molecule has 58 valence electrons. The van der Waals surface area contributed by atoms with Crippen LogP contribution in [0.5, 0.6) is 0 Å². The van der Waals surface area contributed by atoms with Crippen molar-refractivity contribution in [2.24, 2.45) is 5.92 Å². The Balaban J connectivity index is 2.45. The van der Waals surface area contributed by atoms with Crippen LogP contribution >= 0.6 is 0 Å². The van der Waals surface area contributed by atoms with Gasteiger partial charge >= 0.3 is 0 Å². The van der Waals surface area contributed by atoms with E-state index in [2.05, 4.69) is 6.92 Å². The highest BCUT2D eigenvalue weighted by Crippen LogP contribution is 2.15. The van der Waals surface area contributed by atoms with Crippen molar-refractivity contribution in [3.05, 3.63) is 0 Å². The van der Waals surface area contributed by atoms with Gasteiger partial charge in [0.15, 0.2) is 0 Å². The molecule has 0 radical (unpaired) electrons. The zero-order chi connectivity index (χ0) is 7.56. The molecule has 0 bridgehead atoms. The minimum Gasteiger partial charge on any atom is -0.343 e. The normalized spacial score (nSPS) is 27.2. The molecule has 2 heteroatoms. The van der Waals surface area contributed by atoms with Crippen LogP contribution in [0.15, 0.2) is 0 Å². The molecule has 1 unspecified atom stereocenters. The second-order valence-electron chi connectivity index (χ2n) is 3.08. The summed E-state index contributed by atoms with van der Waals surface area (Å²) < 4.78 is 0. The van der Waals surface area contributed by atoms with Crippen LogP contribution in [-0.4, -0.2) is 23.9 Å². The summed E-state index contributed by atoms with van der Waals surface area (Å²) in [6, 6.07) is 0. The minimum atomic E-state index is 0.334. The third-order valence-corrected chi connectivity index (χ3v) is 2.12. The Hall–Kier alpha value is -0.530. The largest absolute Gasteiger partial charge is 0.343 e. The lowest BCUT2D eigenvalue weighted by molar-refractivity contribution is -0.134. The van der Waals surface area contributed by atoms with Crippen molar-refractivity contribution in [1.29, 1.82) is 0 Å². The predicted molar refractivity (Wildman–Crippen MR) is 40.7 cm³/mol. The van der Waals surface area contributed by atoms with Gasteiger partial charge < -0.3 is 4.90 Å². The number of amides is 1. The lowest BCUT2D eigenvalue weighted by Crippen LogP contribution is -2.38. The molecule has 1 amide bonds. The van der Waals surface area contributed by atoms with Gasteiger partial charge in [-0.3, -0.25) is 4.79 Å². The number of carbonyl (C=O) groups excluding carboxylic acids is 1. The standard InChI is InChI=1S/C8H15NO/c1-3-9-6-7(2)4-5-8(9)10/h7H,3-6H2,1-2H3. The molecule has 1 heterocycles. The number of hydrogen-bond donors (Lipinski definition) is 0. The van der Waals surface area contributed by atoms with Crippen LogP contribution in [0.1, 0.15) is 26.7 Å². The van der Waals surface area contributed by atoms with Gasteiger partial charge in [-0.2, -0.15) is 0 Å². The fourth-order valence-corrected chi connectivity index (χ4v) is 1.40. The van der Waals surface area contributed by atoms with Crippen LogP contribution in [0, 0.1) is 5.92 Å². The fraction of sp³-hybridized carbons (Fsp3) is 0.875. The summed E-state index contributed by atoms with van der Waals surface area (Å²) in [6.45, 7) is 6.09. The first-order chi connectivity index (χ1) is 4.74. The maximum Gasteiger partial charge on any atom is 0.222 e. The monoisotopic (exact) mass is 141 g/mol. The summed E-state index contributed by atoms with van der Waals surface area (Å²) >= 11 is 0. The van der Waals surface area contributed by atoms with Crippen LogP contribution in [-0.2, 0) is 4.79 Å². The van der Waals surface area contributed by atoms with E-state index >= 15 is 0 Å². The van der Waals surface area contributed by atoms with E-state index in [4.69, 9.17) is 0 Å². The molecule has 0 aromatic carbocycles. The van der Waals surface area contributed by atoms with Gasteiger partial charge in [0.05, 0.1) is 0 Å². The zero-order valence-electron chi connectivity index (χ0n) is 6.76. The first-order valence-corrected chi connectivity index (χ1v) is 4.01. The Bertz CT molecular complexity index is 133. The number of likely N-dealkylation sites (tertiary alicyclic amines) is 1. The lowest BCUT2D eigenvalue weighted by Gasteiger charge is -2.29. The maximum absolute atomic E-state index is 11.1. The first kappa shape index (κ1) is 7.58. The van der Waals surface area contributed by atoms with E-state index in [1.165, 1.54) is 0 Å². The molecule has 1 aliphatic rings. The Morgan fingerprint density at radius 2 is 2.40 bits per heavy atom. The van der Waals surface area contributed by atoms with Gasteiger partial charge in [0.2, 0.25) is 5.91 Å². The Kier molecular flexibility index (Phi) is 2.30. The number of piperidine rings is 1. The molecule has 2 nitrogen and oxygen atoms in total. The van der Waals surface area contributed by atoms with Crippen molar-refractivity contribution in [2.75, 3.05) is 13.1 Å². The molecular weight excluding hydrogens is 126 g/mol. The molecule has 1 saturated heterocycles. The SMILES string of the molecule is CCN1CC(C)CCC1=O. The molecule has 0 aliphatic carbocycles. The van der Waals surface area contributed by atoms with E-state index < -0.39 is 0 Å². The molecular formula is C8H15NO. The molecule has 10 heavy (non-hydrogen) atoms. The number of nitrogens with zero attached hydrogens (tertiary/aromatic N) is 1. The van der Waals surface area contributed by atoms with Crippen molar-refractivity contribution in [3.63, 3.8) is 0 Å². The van der Waals surface area contributed by atoms with Crippen molar-refractivity contribution in [1.82, 2.24) is 4.90 Å². The summed E-state index contributed by atoms with van der Waals surface area (Å²) in [7, 11) is 0. The third kappa shape index (κ3) is 1.49. The minimum absolute atomic E-state index is 0.334. The molecule has 1 aliphatic heterocycles. The van der Waals surface area contributed by atoms with Gasteiger partial charge in [0, 0.05) is 19.5 Å². The average Bonchev–Trinajstić information content (AvgIpc) is 1.94. The van der Waals surface area contributed by atoms with Gasteiger partial charge in [-0.1, -0.05) is 6.92 Å². The van der Waals surface area contributed by atoms with Crippen molar-refractivity contribution >= 4 is 5.91 Å². The molecule has 1 rings (SSSR count). The van der Waals surface area contributed by atoms with Crippen LogP contribution in [0.3, 0.4) is 0 Å². The van der Waals surface area contributed by atoms with Gasteiger partial charge in [-0.05, 0) is 19.3 Å². The average molecular weight is 141 g/mol. The van der Waals surface area contributed by atoms with E-state index in [1.54, 1.807) is 0 Å². The second-order valence-corrected chi connectivity index (χ2v) is 3.08. The quantitative estimate of drug-likeness (QED) is 0.538. The van der Waals surface area contributed by atoms with E-state index in [-0.39, 0.29) is 0 Å². The van der Waals surface area contributed by atoms with Gasteiger partial charge in [-0.15, -0.1) is 0 Å². The molecule has 0 N–H and O–H groups in total. The lowest BCUT2D eigenvalue weighted by atomic mass is 10.00. The first-order valence-electron chi connectivity index (χ1n) is 4.01. The molecule has 1 atom stereocenters. The number of rotatable bonds is 1. The Labute approximate surface area is 62.2 Å². The highest BCUT2D eigenvalue weighted by Gasteiger charge is 2.20. The van der Waals surface area contributed by atoms with Crippen LogP contribution in [0.4, 0.5) is 0 Å². The van der Waals surface area contributed by atoms with Gasteiger partial charge in [0.25, 0.3) is 0 Å². The van der Waals surface area contributed by atoms with Crippen molar-refractivity contribution < 1.29 is 4.79 Å². The van der Waals surface area contributed by atoms with Crippen molar-refractivity contribution in [2.45, 2.75) is 26.7 Å². The van der Waals surface area contributed by atoms with Crippen molar-refractivity contribution in [3.8, 4) is 0 Å². The topological polar surface area (TPSA) is 20.3 Å². The number of carbonyl (C=O) groups is 1. The Morgan fingerprint density at radius 1 is 1.70 bits per heavy atom. The van der Waals surface area contributed by atoms with Crippen LogP contribution in [0.2, 0.25) is 0 Å². The van der Waals surface area contributed by atoms with E-state index in [1.807, 2.05) is 11.8 Å². The highest BCUT2D eigenvalue weighted by molar-refractivity contribution is 5.76. The summed E-state index contributed by atoms with van der Waals surface area (Å²) in [4.78, 5) is 13.0. The number of hydrogen-bond acceptors (Lipinski definition) is 1. The zero-order valence-corrected chi connectivity index (χ0v) is 6.76. The summed E-state index contributed by atoms with van der Waals surface area (Å²) in [5.74, 6) is 1.04. The fourth-order valence-electron chi connectivity index (χ4n) is 1.40. The molecule has 0 saturated carbocycles. The van der Waals surface area contributed by atoms with E-state index in [9.17, 15) is 4.79 Å². The molecule has 0 spiro atoms. The predicted octanol–water partition coefficient (Wildman–Crippen LogP) is 1.26. The summed E-state index contributed by atoms with van der Waals surface area (Å²) in [5, 5.41) is 0. The Morgan fingerprint density at radius 3 is 2.90 bits per heavy atom. The van der Waals surface area contributed by atoms with Gasteiger partial charge in [-0.25, -0.2) is 0 Å². The molecule has 1 fully saturated rings. The summed E-state index contributed by atoms with van der Waals surface area (Å²) in [6.07, 6.45) is 1.84. The van der Waals surface area contributed by atoms with E-state index in [0.717, 1.165) is 25.9 Å². The second kappa shape index (κ2) is 3.04. The van der Waals surface area contributed by atoms with Crippen LogP contribution < -0.4 is 0 Å². The third-order valence-electron chi connectivity index (χ3n) is 2.12. The molecule has 0 aromatic rings. The molecule has 0 aromatic heterocycles. The van der Waals surface area contributed by atoms with Crippen LogP contribution in [0.25, 0.3) is 0 Å². The highest BCUT2D eigenvalue weighted by atomic mass is 16.2. The van der Waals surface area contributed by atoms with E-state index in [0.29, 0.717) is 11.8 Å². The summed E-state index contributed by atoms with van der Waals surface area (Å²) in [5.41, 5.74) is 0. The van der Waals surface area contributed by atoms with Gasteiger partial charge in [0.1, 0.15) is 0 Å². The smallest absolute Gasteiger partial charge is 0.222 e. The maximum atomic E-state index is 11.1.